The van der Waals surface area contributed by atoms with Gasteiger partial charge in [0.2, 0.25) is 7.59 Å². The molecule has 25 heavy (non-hydrogen) atoms. The number of nitrogens with zero attached hydrogens (tertiary/aromatic N) is 3. The van der Waals surface area contributed by atoms with Crippen molar-refractivity contribution in [1.29, 1.82) is 0 Å². The minimum atomic E-state index is -1.96. The van der Waals surface area contributed by atoms with Crippen molar-refractivity contribution in [2.24, 2.45) is 0 Å². The molecule has 0 aliphatic heterocycles. The van der Waals surface area contributed by atoms with Crippen LogP contribution in [0.4, 0.5) is 0 Å². The first-order chi connectivity index (χ1) is 11.5. The second-order valence-corrected chi connectivity index (χ2v) is 9.16. The lowest BCUT2D eigenvalue weighted by Crippen LogP contribution is -2.16. The average Bonchev–Trinajstić information content (AvgIpc) is 2.51. The van der Waals surface area contributed by atoms with Crippen molar-refractivity contribution in [3.63, 3.8) is 0 Å². The highest BCUT2D eigenvalue weighted by atomic mass is 35.6. The molecule has 1 aromatic carbocycles. The largest absolute Gasteiger partial charge is 0.478 e. The van der Waals surface area contributed by atoms with Gasteiger partial charge in [-0.1, -0.05) is 87.8 Å². The second kappa shape index (κ2) is 7.82. The molecule has 1 N–H and O–H groups in total. The van der Waals surface area contributed by atoms with Gasteiger partial charge in [-0.3, -0.25) is 0 Å². The van der Waals surface area contributed by atoms with E-state index in [1.165, 1.54) is 6.08 Å². The van der Waals surface area contributed by atoms with E-state index in [0.29, 0.717) is 11.1 Å². The molecule has 0 spiro atoms. The third kappa shape index (κ3) is 5.84. The molecule has 0 fully saturated rings. The van der Waals surface area contributed by atoms with Gasteiger partial charge in [0.25, 0.3) is 0 Å². The molecule has 0 aliphatic carbocycles. The van der Waals surface area contributed by atoms with Gasteiger partial charge in [0.05, 0.1) is 0 Å². The van der Waals surface area contributed by atoms with Gasteiger partial charge >= 0.3 is 5.97 Å². The molecule has 1 heterocycles. The minimum Gasteiger partial charge on any atom is -0.478 e. The zero-order chi connectivity index (χ0) is 18.8. The molecule has 0 bridgehead atoms. The van der Waals surface area contributed by atoms with Crippen LogP contribution in [-0.2, 0) is 12.4 Å². The molecule has 0 unspecified atom stereocenters. The maximum absolute atomic E-state index is 10.6. The lowest BCUT2D eigenvalue weighted by molar-refractivity contribution is -0.131. The van der Waals surface area contributed by atoms with Crippen molar-refractivity contribution >= 4 is 81.7 Å². The Morgan fingerprint density at radius 2 is 1.52 bits per heavy atom. The fraction of sp³-hybridized carbons (Fsp3) is 0.143. The first-order valence-electron chi connectivity index (χ1n) is 6.39. The first kappa shape index (κ1) is 20.5. The summed E-state index contributed by atoms with van der Waals surface area (Å²) < 4.78 is -3.91. The molecule has 0 atom stereocenters. The van der Waals surface area contributed by atoms with Crippen LogP contribution in [0.3, 0.4) is 0 Å². The molecule has 1 aromatic heterocycles. The van der Waals surface area contributed by atoms with Gasteiger partial charge < -0.3 is 5.11 Å². The lowest BCUT2D eigenvalue weighted by Gasteiger charge is -2.15. The quantitative estimate of drug-likeness (QED) is 0.496. The van der Waals surface area contributed by atoms with E-state index in [1.54, 1.807) is 24.3 Å². The Kier molecular flexibility index (Phi) is 6.41. The molecular weight excluding hydrogens is 455 g/mol. The zero-order valence-electron chi connectivity index (χ0n) is 11.9. The number of aromatic nitrogens is 3. The predicted molar refractivity (Wildman–Crippen MR) is 100 cm³/mol. The van der Waals surface area contributed by atoms with E-state index in [2.05, 4.69) is 15.0 Å². The van der Waals surface area contributed by atoms with Crippen LogP contribution in [0.15, 0.2) is 30.3 Å². The Hall–Kier alpha value is -0.820. The maximum Gasteiger partial charge on any atom is 0.328 e. The van der Waals surface area contributed by atoms with Crippen LogP contribution >= 0.6 is 69.6 Å². The molecule has 0 saturated carbocycles. The summed E-state index contributed by atoms with van der Waals surface area (Å²) in [5.74, 6) is -1.41. The number of rotatable bonds is 3. The molecule has 2 rings (SSSR count). The molecule has 0 aliphatic rings. The number of benzene rings is 1. The van der Waals surface area contributed by atoms with Gasteiger partial charge in [-0.05, 0) is 17.7 Å². The number of halogens is 6. The zero-order valence-corrected chi connectivity index (χ0v) is 16.5. The van der Waals surface area contributed by atoms with Crippen LogP contribution in [0.25, 0.3) is 17.5 Å². The SMILES string of the molecule is O=C(O)/C=C/c1cccc(-c2nc(C(Cl)(Cl)Cl)nc(C(Cl)(Cl)Cl)n2)c1. The van der Waals surface area contributed by atoms with Gasteiger partial charge in [-0.2, -0.15) is 0 Å². The van der Waals surface area contributed by atoms with Gasteiger partial charge in [-0.15, -0.1) is 0 Å². The number of hydrogen-bond acceptors (Lipinski definition) is 4. The summed E-state index contributed by atoms with van der Waals surface area (Å²) in [6.07, 6.45) is 2.39. The monoisotopic (exact) mass is 459 g/mol. The third-order valence-corrected chi connectivity index (χ3v) is 3.72. The summed E-state index contributed by atoms with van der Waals surface area (Å²) in [4.78, 5) is 22.7. The summed E-state index contributed by atoms with van der Waals surface area (Å²) in [7, 11) is 0. The van der Waals surface area contributed by atoms with E-state index in [0.717, 1.165) is 6.08 Å². The van der Waals surface area contributed by atoms with Crippen LogP contribution in [0.1, 0.15) is 17.2 Å². The fourth-order valence-corrected chi connectivity index (χ4v) is 2.21. The number of alkyl halides is 6. The van der Waals surface area contributed by atoms with E-state index in [1.807, 2.05) is 0 Å². The average molecular weight is 462 g/mol. The van der Waals surface area contributed by atoms with Crippen LogP contribution in [-0.4, -0.2) is 26.0 Å². The molecule has 0 radical (unpaired) electrons. The van der Waals surface area contributed by atoms with Gasteiger partial charge in [-0.25, -0.2) is 19.7 Å². The topological polar surface area (TPSA) is 76.0 Å². The van der Waals surface area contributed by atoms with Gasteiger partial charge in [0.1, 0.15) is 0 Å². The Labute approximate surface area is 172 Å². The Morgan fingerprint density at radius 3 is 2.00 bits per heavy atom. The van der Waals surface area contributed by atoms with Crippen LogP contribution in [0.5, 0.6) is 0 Å². The van der Waals surface area contributed by atoms with Crippen molar-refractivity contribution in [2.75, 3.05) is 0 Å². The van der Waals surface area contributed by atoms with Crippen molar-refractivity contribution in [2.45, 2.75) is 7.59 Å². The summed E-state index contributed by atoms with van der Waals surface area (Å²) in [5.41, 5.74) is 1.08. The Morgan fingerprint density at radius 1 is 0.960 bits per heavy atom. The van der Waals surface area contributed by atoms with Crippen LogP contribution in [0, 0.1) is 0 Å². The van der Waals surface area contributed by atoms with Crippen molar-refractivity contribution in [3.8, 4) is 11.4 Å². The van der Waals surface area contributed by atoms with E-state index < -0.39 is 13.6 Å². The van der Waals surface area contributed by atoms with Gasteiger partial charge in [0, 0.05) is 11.6 Å². The summed E-state index contributed by atoms with van der Waals surface area (Å²) in [6.45, 7) is 0. The molecule has 2 aromatic rings. The Balaban J connectivity index is 2.58. The predicted octanol–water partition coefficient (Wildman–Crippen LogP) is 5.29. The van der Waals surface area contributed by atoms with Gasteiger partial charge in [0.15, 0.2) is 17.5 Å². The summed E-state index contributed by atoms with van der Waals surface area (Å²) >= 11 is 35.0. The smallest absolute Gasteiger partial charge is 0.328 e. The standard InChI is InChI=1S/C14H7Cl6N3O2/c15-13(16,17)11-21-10(22-12(23-11)14(18,19)20)8-3-1-2-7(6-8)4-5-9(24)25/h1-6H,(H,24,25)/b5-4+. The molecule has 11 heteroatoms. The number of carbonyl (C=O) groups is 1. The van der Waals surface area contributed by atoms with Crippen molar-refractivity contribution in [3.05, 3.63) is 47.6 Å². The maximum atomic E-state index is 10.6. The summed E-state index contributed by atoms with van der Waals surface area (Å²) in [5, 5.41) is 8.71. The van der Waals surface area contributed by atoms with E-state index in [4.69, 9.17) is 74.7 Å². The van der Waals surface area contributed by atoms with E-state index in [9.17, 15) is 4.79 Å². The molecule has 132 valence electrons. The van der Waals surface area contributed by atoms with E-state index in [-0.39, 0.29) is 17.5 Å². The highest BCUT2D eigenvalue weighted by Gasteiger charge is 2.34. The van der Waals surface area contributed by atoms with Crippen molar-refractivity contribution < 1.29 is 9.90 Å². The molecule has 0 amide bonds. The molecule has 0 saturated heterocycles. The summed E-state index contributed by atoms with van der Waals surface area (Å²) in [6, 6.07) is 6.65. The number of aliphatic carboxylic acids is 1. The number of carboxylic acid groups (broad SMARTS) is 1. The van der Waals surface area contributed by atoms with Crippen molar-refractivity contribution in [1.82, 2.24) is 15.0 Å². The van der Waals surface area contributed by atoms with Crippen LogP contribution in [0.2, 0.25) is 0 Å². The Bertz CT molecular complexity index is 798. The molecule has 5 nitrogen and oxygen atoms in total. The number of carboxylic acids is 1. The highest BCUT2D eigenvalue weighted by Crippen LogP contribution is 2.40. The normalized spacial score (nSPS) is 12.6. The minimum absolute atomic E-state index is 0.100. The second-order valence-electron chi connectivity index (χ2n) is 4.60. The fourth-order valence-electron chi connectivity index (χ4n) is 1.71. The first-order valence-corrected chi connectivity index (χ1v) is 8.65. The highest BCUT2D eigenvalue weighted by molar-refractivity contribution is 6.67. The molecular formula is C14H7Cl6N3O2. The third-order valence-electron chi connectivity index (χ3n) is 2.71. The van der Waals surface area contributed by atoms with E-state index >= 15 is 0 Å². The van der Waals surface area contributed by atoms with Crippen LogP contribution < -0.4 is 0 Å². The lowest BCUT2D eigenvalue weighted by atomic mass is 10.1. The number of hydrogen-bond donors (Lipinski definition) is 1.